The van der Waals surface area contributed by atoms with Crippen LogP contribution in [0.4, 0.5) is 5.69 Å². The summed E-state index contributed by atoms with van der Waals surface area (Å²) >= 11 is 4.92. The molecule has 1 N–H and O–H groups in total. The number of nitro groups is 1. The molecule has 14 heavy (non-hydrogen) atoms. The number of hydrogen-bond donors (Lipinski definition) is 1. The second-order valence-electron chi connectivity index (χ2n) is 2.63. The molecule has 72 valence electrons. The van der Waals surface area contributed by atoms with E-state index in [-0.39, 0.29) is 16.0 Å². The van der Waals surface area contributed by atoms with Crippen molar-refractivity contribution in [1.82, 2.24) is 19.6 Å². The summed E-state index contributed by atoms with van der Waals surface area (Å²) in [4.78, 5) is 17.9. The minimum atomic E-state index is -0.544. The molecule has 0 saturated carbocycles. The maximum atomic E-state index is 10.7. The van der Waals surface area contributed by atoms with Gasteiger partial charge in [-0.15, -0.1) is 0 Å². The van der Waals surface area contributed by atoms with Crippen LogP contribution in [0.5, 0.6) is 0 Å². The van der Waals surface area contributed by atoms with Crippen LogP contribution in [-0.4, -0.2) is 24.5 Å². The molecule has 0 spiro atoms. The summed E-state index contributed by atoms with van der Waals surface area (Å²) in [6.45, 7) is 1.53. The van der Waals surface area contributed by atoms with Gasteiger partial charge in [-0.05, 0) is 6.92 Å². The lowest BCUT2D eigenvalue weighted by Gasteiger charge is -1.97. The van der Waals surface area contributed by atoms with Crippen LogP contribution >= 0.6 is 12.2 Å². The van der Waals surface area contributed by atoms with Crippen molar-refractivity contribution >= 4 is 23.7 Å². The van der Waals surface area contributed by atoms with Gasteiger partial charge in [-0.3, -0.25) is 15.2 Å². The molecule has 2 aromatic heterocycles. The third kappa shape index (κ3) is 1.08. The highest BCUT2D eigenvalue weighted by molar-refractivity contribution is 7.71. The van der Waals surface area contributed by atoms with Crippen LogP contribution in [0.1, 0.15) is 5.69 Å². The van der Waals surface area contributed by atoms with E-state index in [1.807, 2.05) is 0 Å². The SMILES string of the molecule is Cc1nc2nc[nH]n2c(=S)c1[N+](=O)[O-]. The van der Waals surface area contributed by atoms with E-state index in [0.29, 0.717) is 5.78 Å². The fraction of sp³-hybridized carbons (Fsp3) is 0.167. The van der Waals surface area contributed by atoms with E-state index >= 15 is 0 Å². The lowest BCUT2D eigenvalue weighted by molar-refractivity contribution is -0.386. The lowest BCUT2D eigenvalue weighted by Crippen LogP contribution is -2.02. The summed E-state index contributed by atoms with van der Waals surface area (Å²) in [6, 6.07) is 0. The lowest BCUT2D eigenvalue weighted by atomic mass is 10.4. The Kier molecular flexibility index (Phi) is 1.78. The number of fused-ring (bicyclic) bond motifs is 1. The zero-order valence-electron chi connectivity index (χ0n) is 7.09. The maximum Gasteiger partial charge on any atom is 0.326 e. The van der Waals surface area contributed by atoms with Gasteiger partial charge in [-0.2, -0.15) is 0 Å². The Bertz CT molecular complexity index is 571. The first-order valence-electron chi connectivity index (χ1n) is 3.68. The summed E-state index contributed by atoms with van der Waals surface area (Å²) in [5.41, 5.74) is 0.105. The third-order valence-corrected chi connectivity index (χ3v) is 2.14. The molecule has 0 radical (unpaired) electrons. The minimum absolute atomic E-state index is 0.0787. The second kappa shape index (κ2) is 2.84. The van der Waals surface area contributed by atoms with Gasteiger partial charge in [0.25, 0.3) is 5.78 Å². The first-order chi connectivity index (χ1) is 6.61. The normalized spacial score (nSPS) is 10.6. The molecule has 0 aliphatic heterocycles. The number of H-pyrrole nitrogens is 1. The largest absolute Gasteiger partial charge is 0.326 e. The number of hydrogen-bond acceptors (Lipinski definition) is 5. The molecule has 7 nitrogen and oxygen atoms in total. The standard InChI is InChI=1S/C6H5N5O2S/c1-3-4(11(12)13)5(14)10-6(9-3)7-2-8-10/h2H,1H3,(H,7,8,9). The fourth-order valence-electron chi connectivity index (χ4n) is 1.16. The number of aromatic amines is 1. The molecule has 2 rings (SSSR count). The van der Waals surface area contributed by atoms with Crippen LogP contribution in [0.15, 0.2) is 6.33 Å². The molecule has 2 heterocycles. The van der Waals surface area contributed by atoms with Crippen molar-refractivity contribution in [3.05, 3.63) is 26.8 Å². The molecule has 0 saturated heterocycles. The number of aryl methyl sites for hydroxylation is 1. The van der Waals surface area contributed by atoms with Gasteiger partial charge in [0.2, 0.25) is 4.64 Å². The van der Waals surface area contributed by atoms with Crippen LogP contribution in [0, 0.1) is 21.7 Å². The van der Waals surface area contributed by atoms with Gasteiger partial charge in [0.05, 0.1) is 4.92 Å². The van der Waals surface area contributed by atoms with Gasteiger partial charge in [-0.1, -0.05) is 12.2 Å². The molecule has 0 unspecified atom stereocenters. The van der Waals surface area contributed by atoms with Gasteiger partial charge in [0.15, 0.2) is 0 Å². The van der Waals surface area contributed by atoms with Crippen molar-refractivity contribution in [3.63, 3.8) is 0 Å². The van der Waals surface area contributed by atoms with Gasteiger partial charge in [-0.25, -0.2) is 14.5 Å². The second-order valence-corrected chi connectivity index (χ2v) is 3.02. The smallest absolute Gasteiger partial charge is 0.279 e. The fourth-order valence-corrected chi connectivity index (χ4v) is 1.52. The minimum Gasteiger partial charge on any atom is -0.279 e. The van der Waals surface area contributed by atoms with Crippen LogP contribution in [0.25, 0.3) is 5.78 Å². The Labute approximate surface area is 82.6 Å². The van der Waals surface area contributed by atoms with Crippen molar-refractivity contribution in [2.24, 2.45) is 0 Å². The van der Waals surface area contributed by atoms with Crippen molar-refractivity contribution < 1.29 is 4.92 Å². The Hall–Kier alpha value is -1.83. The summed E-state index contributed by atoms with van der Waals surface area (Å²) < 4.78 is 1.37. The predicted octanol–water partition coefficient (Wildman–Crippen LogP) is 1.00. The van der Waals surface area contributed by atoms with Gasteiger partial charge in [0, 0.05) is 0 Å². The molecular formula is C6H5N5O2S. The molecule has 0 bridgehead atoms. The van der Waals surface area contributed by atoms with Crippen molar-refractivity contribution in [3.8, 4) is 0 Å². The van der Waals surface area contributed by atoms with E-state index in [4.69, 9.17) is 12.2 Å². The molecule has 0 aliphatic rings. The molecule has 0 aromatic carbocycles. The van der Waals surface area contributed by atoms with Crippen molar-refractivity contribution in [2.75, 3.05) is 0 Å². The zero-order chi connectivity index (χ0) is 10.3. The Morgan fingerprint density at radius 2 is 2.43 bits per heavy atom. The Morgan fingerprint density at radius 3 is 3.07 bits per heavy atom. The predicted molar refractivity (Wildman–Crippen MR) is 49.6 cm³/mol. The third-order valence-electron chi connectivity index (χ3n) is 1.77. The molecule has 0 amide bonds. The highest BCUT2D eigenvalue weighted by Gasteiger charge is 2.17. The molecule has 2 aromatic rings. The Morgan fingerprint density at radius 1 is 1.71 bits per heavy atom. The molecule has 0 aliphatic carbocycles. The van der Waals surface area contributed by atoms with E-state index in [1.165, 1.54) is 17.8 Å². The summed E-state index contributed by atoms with van der Waals surface area (Å²) in [5, 5.41) is 13.3. The summed E-state index contributed by atoms with van der Waals surface area (Å²) in [7, 11) is 0. The van der Waals surface area contributed by atoms with Crippen molar-refractivity contribution in [1.29, 1.82) is 0 Å². The first kappa shape index (κ1) is 8.75. The highest BCUT2D eigenvalue weighted by Crippen LogP contribution is 2.17. The Balaban J connectivity index is 2.97. The van der Waals surface area contributed by atoms with E-state index in [9.17, 15) is 10.1 Å². The average molecular weight is 211 g/mol. The average Bonchev–Trinajstić information content (AvgIpc) is 2.50. The van der Waals surface area contributed by atoms with Crippen molar-refractivity contribution in [2.45, 2.75) is 6.92 Å². The number of nitrogens with zero attached hydrogens (tertiary/aromatic N) is 4. The molecule has 8 heteroatoms. The molecular weight excluding hydrogens is 206 g/mol. The van der Waals surface area contributed by atoms with Gasteiger partial charge < -0.3 is 0 Å². The highest BCUT2D eigenvalue weighted by atomic mass is 32.1. The number of aromatic nitrogens is 4. The summed E-state index contributed by atoms with van der Waals surface area (Å²) in [6.07, 6.45) is 1.38. The van der Waals surface area contributed by atoms with Crippen LogP contribution < -0.4 is 0 Å². The molecule has 0 fully saturated rings. The topological polar surface area (TPSA) is 89.1 Å². The van der Waals surface area contributed by atoms with Crippen LogP contribution in [-0.2, 0) is 0 Å². The molecule has 0 atom stereocenters. The van der Waals surface area contributed by atoms with E-state index < -0.39 is 4.92 Å². The number of nitrogens with one attached hydrogen (secondary N) is 1. The van der Waals surface area contributed by atoms with Gasteiger partial charge in [0.1, 0.15) is 12.0 Å². The van der Waals surface area contributed by atoms with E-state index in [1.54, 1.807) is 0 Å². The van der Waals surface area contributed by atoms with E-state index in [0.717, 1.165) is 0 Å². The van der Waals surface area contributed by atoms with Crippen LogP contribution in [0.3, 0.4) is 0 Å². The van der Waals surface area contributed by atoms with Gasteiger partial charge >= 0.3 is 5.69 Å². The summed E-state index contributed by atoms with van der Waals surface area (Å²) in [5.74, 6) is 0.332. The first-order valence-corrected chi connectivity index (χ1v) is 4.09. The number of rotatable bonds is 1. The van der Waals surface area contributed by atoms with Crippen LogP contribution in [0.2, 0.25) is 0 Å². The van der Waals surface area contributed by atoms with E-state index in [2.05, 4.69) is 15.1 Å². The zero-order valence-corrected chi connectivity index (χ0v) is 7.91. The monoisotopic (exact) mass is 211 g/mol. The quantitative estimate of drug-likeness (QED) is 0.432. The maximum absolute atomic E-state index is 10.7.